The molecule has 2 rings (SSSR count). The first kappa shape index (κ1) is 20.0. The van der Waals surface area contributed by atoms with Crippen LogP contribution in [0.2, 0.25) is 0 Å². The number of nitrogens with zero attached hydrogens (tertiary/aromatic N) is 3. The van der Waals surface area contributed by atoms with Crippen molar-refractivity contribution in [1.82, 2.24) is 19.7 Å². The van der Waals surface area contributed by atoms with Gasteiger partial charge in [0.1, 0.15) is 5.82 Å². The van der Waals surface area contributed by atoms with Crippen LogP contribution in [-0.4, -0.2) is 37.2 Å². The first-order valence-corrected chi connectivity index (χ1v) is 7.32. The van der Waals surface area contributed by atoms with Crippen LogP contribution in [0.15, 0.2) is 18.6 Å². The number of aromatic amines is 1. The summed E-state index contributed by atoms with van der Waals surface area (Å²) in [6, 6.07) is 1.68. The molecule has 0 aliphatic carbocycles. The van der Waals surface area contributed by atoms with Crippen LogP contribution in [0.3, 0.4) is 0 Å². The van der Waals surface area contributed by atoms with E-state index in [9.17, 15) is 5.21 Å². The highest BCUT2D eigenvalue weighted by Gasteiger charge is 2.01. The van der Waals surface area contributed by atoms with E-state index in [1.165, 1.54) is 6.20 Å². The van der Waals surface area contributed by atoms with Crippen LogP contribution in [0.1, 0.15) is 11.4 Å². The van der Waals surface area contributed by atoms with Gasteiger partial charge in [0, 0.05) is 29.8 Å². The van der Waals surface area contributed by atoms with Crippen LogP contribution < -0.4 is 5.32 Å². The number of rotatable bonds is 6. The summed E-state index contributed by atoms with van der Waals surface area (Å²) < 4.78 is 0.958. The third kappa shape index (κ3) is 6.13. The fraction of sp³-hybridized carbons (Fsp3) is 0.364. The number of aryl methyl sites for hydroxylation is 1. The van der Waals surface area contributed by atoms with Gasteiger partial charge in [-0.15, -0.1) is 24.8 Å². The molecular weight excluding hydrogens is 353 g/mol. The van der Waals surface area contributed by atoms with Crippen LogP contribution in [0.4, 0.5) is 5.82 Å². The van der Waals surface area contributed by atoms with Crippen LogP contribution in [0.5, 0.6) is 0 Å². The molecule has 0 radical (unpaired) electrons. The van der Waals surface area contributed by atoms with Crippen molar-refractivity contribution in [3.8, 4) is 0 Å². The van der Waals surface area contributed by atoms with E-state index in [1.54, 1.807) is 24.2 Å². The average molecular weight is 370 g/mol. The Kier molecular flexibility index (Phi) is 9.43. The summed E-state index contributed by atoms with van der Waals surface area (Å²) in [6.07, 6.45) is 3.19. The smallest absolute Gasteiger partial charge is 0.235 e. The van der Waals surface area contributed by atoms with Crippen molar-refractivity contribution >= 4 is 54.6 Å². The third-order valence-corrected chi connectivity index (χ3v) is 3.76. The lowest BCUT2D eigenvalue weighted by atomic mass is 10.4. The van der Waals surface area contributed by atoms with E-state index in [-0.39, 0.29) is 29.6 Å². The van der Waals surface area contributed by atoms with Gasteiger partial charge in [-0.2, -0.15) is 16.5 Å². The number of hydrogen-bond acceptors (Lipinski definition) is 6. The van der Waals surface area contributed by atoms with Gasteiger partial charge in [0.2, 0.25) is 4.77 Å². The summed E-state index contributed by atoms with van der Waals surface area (Å²) in [5.74, 6) is 2.50. The van der Waals surface area contributed by atoms with E-state index in [4.69, 9.17) is 12.2 Å². The quantitative estimate of drug-likeness (QED) is 0.412. The highest BCUT2D eigenvalue weighted by atomic mass is 35.5. The standard InChI is InChI=1S/C11H15N5OS2.2ClH/c1-8-9(14-7-13-8)6-19-5-3-12-10-2-4-16(17)11(18)15-10;;/h2,4,7,17H,3,5-6H2,1H3,(H,13,14)(H,12,15,18);2*1H. The fourth-order valence-corrected chi connectivity index (χ4v) is 2.48. The predicted octanol–water partition coefficient (Wildman–Crippen LogP) is 3.07. The Bertz CT molecular complexity index is 604. The maximum Gasteiger partial charge on any atom is 0.235 e. The summed E-state index contributed by atoms with van der Waals surface area (Å²) >= 11 is 6.65. The van der Waals surface area contributed by atoms with Gasteiger partial charge in [0.05, 0.1) is 18.2 Å². The van der Waals surface area contributed by atoms with E-state index in [1.807, 2.05) is 6.92 Å². The van der Waals surface area contributed by atoms with Gasteiger partial charge >= 0.3 is 0 Å². The summed E-state index contributed by atoms with van der Waals surface area (Å²) in [7, 11) is 0. The van der Waals surface area contributed by atoms with Crippen molar-refractivity contribution in [3.63, 3.8) is 0 Å². The molecule has 118 valence electrons. The van der Waals surface area contributed by atoms with Gasteiger partial charge in [-0.25, -0.2) is 9.97 Å². The molecule has 0 amide bonds. The second-order valence-electron chi connectivity index (χ2n) is 3.89. The van der Waals surface area contributed by atoms with Gasteiger partial charge in [-0.1, -0.05) is 0 Å². The highest BCUT2D eigenvalue weighted by Crippen LogP contribution is 2.12. The molecule has 0 bridgehead atoms. The van der Waals surface area contributed by atoms with Gasteiger partial charge < -0.3 is 15.5 Å². The highest BCUT2D eigenvalue weighted by molar-refractivity contribution is 7.98. The Morgan fingerprint density at radius 3 is 2.86 bits per heavy atom. The second-order valence-corrected chi connectivity index (χ2v) is 5.36. The second kappa shape index (κ2) is 9.88. The summed E-state index contributed by atoms with van der Waals surface area (Å²) in [5.41, 5.74) is 2.21. The minimum atomic E-state index is 0. The first-order valence-electron chi connectivity index (χ1n) is 5.76. The van der Waals surface area contributed by atoms with E-state index < -0.39 is 0 Å². The van der Waals surface area contributed by atoms with Gasteiger partial charge in [0.25, 0.3) is 0 Å². The molecule has 0 aliphatic heterocycles. The Hall–Kier alpha value is -0.960. The first-order chi connectivity index (χ1) is 9.16. The number of anilines is 1. The molecule has 3 N–H and O–H groups in total. The zero-order valence-corrected chi connectivity index (χ0v) is 14.5. The molecule has 2 aromatic rings. The zero-order chi connectivity index (χ0) is 13.7. The molecule has 2 heterocycles. The Labute approximate surface area is 144 Å². The largest absolute Gasteiger partial charge is 0.426 e. The maximum absolute atomic E-state index is 9.19. The lowest BCUT2D eigenvalue weighted by Crippen LogP contribution is -2.07. The summed E-state index contributed by atoms with van der Waals surface area (Å²) in [5, 5.41) is 12.3. The molecule has 6 nitrogen and oxygen atoms in total. The molecule has 0 aliphatic rings. The van der Waals surface area contributed by atoms with E-state index >= 15 is 0 Å². The van der Waals surface area contributed by atoms with Crippen molar-refractivity contribution in [3.05, 3.63) is 34.7 Å². The minimum Gasteiger partial charge on any atom is -0.426 e. The van der Waals surface area contributed by atoms with Gasteiger partial charge in [-0.3, -0.25) is 0 Å². The molecule has 0 saturated carbocycles. The number of hydrogen-bond donors (Lipinski definition) is 3. The average Bonchev–Trinajstić information content (AvgIpc) is 2.79. The monoisotopic (exact) mass is 369 g/mol. The van der Waals surface area contributed by atoms with E-state index in [2.05, 4.69) is 20.3 Å². The molecule has 0 unspecified atom stereocenters. The molecule has 0 fully saturated rings. The van der Waals surface area contributed by atoms with Crippen molar-refractivity contribution in [2.24, 2.45) is 0 Å². The van der Waals surface area contributed by atoms with Crippen molar-refractivity contribution < 1.29 is 5.21 Å². The molecule has 10 heteroatoms. The molecule has 2 aromatic heterocycles. The van der Waals surface area contributed by atoms with Crippen LogP contribution in [-0.2, 0) is 5.75 Å². The number of imidazole rings is 1. The molecule has 0 spiro atoms. The molecule has 0 saturated heterocycles. The van der Waals surface area contributed by atoms with Crippen molar-refractivity contribution in [2.45, 2.75) is 12.7 Å². The van der Waals surface area contributed by atoms with Crippen LogP contribution in [0.25, 0.3) is 0 Å². The predicted molar refractivity (Wildman–Crippen MR) is 92.7 cm³/mol. The lowest BCUT2D eigenvalue weighted by molar-refractivity contribution is 0.176. The lowest BCUT2D eigenvalue weighted by Gasteiger charge is -2.05. The molecule has 0 aromatic carbocycles. The van der Waals surface area contributed by atoms with Crippen LogP contribution >= 0.6 is 48.8 Å². The Morgan fingerprint density at radius 2 is 2.24 bits per heavy atom. The topological polar surface area (TPSA) is 78.8 Å². The van der Waals surface area contributed by atoms with Gasteiger partial charge in [-0.05, 0) is 19.1 Å². The number of thioether (sulfide) groups is 1. The van der Waals surface area contributed by atoms with Gasteiger partial charge in [0.15, 0.2) is 0 Å². The zero-order valence-electron chi connectivity index (χ0n) is 11.3. The summed E-state index contributed by atoms with van der Waals surface area (Å²) in [6.45, 7) is 2.80. The number of nitrogens with one attached hydrogen (secondary N) is 2. The normalized spacial score (nSPS) is 9.57. The maximum atomic E-state index is 9.19. The number of aromatic nitrogens is 4. The molecule has 21 heavy (non-hydrogen) atoms. The third-order valence-electron chi connectivity index (χ3n) is 2.51. The molecular formula is C11H17Cl2N5OS2. The van der Waals surface area contributed by atoms with Crippen LogP contribution in [0, 0.1) is 11.7 Å². The number of H-pyrrole nitrogens is 1. The van der Waals surface area contributed by atoms with E-state index in [0.29, 0.717) is 5.82 Å². The minimum absolute atomic E-state index is 0. The van der Waals surface area contributed by atoms with Crippen molar-refractivity contribution in [2.75, 3.05) is 17.6 Å². The SMILES string of the molecule is Cc1[nH]cnc1CSCCNc1ccn(O)c(=S)n1.Cl.Cl. The van der Waals surface area contributed by atoms with Crippen molar-refractivity contribution in [1.29, 1.82) is 0 Å². The Morgan fingerprint density at radius 1 is 1.48 bits per heavy atom. The molecule has 0 atom stereocenters. The van der Waals surface area contributed by atoms with E-state index in [0.717, 1.165) is 34.2 Å². The fourth-order valence-electron chi connectivity index (χ4n) is 1.45. The number of halogens is 2. The summed E-state index contributed by atoms with van der Waals surface area (Å²) in [4.78, 5) is 11.3. The Balaban J connectivity index is 0.00000200.